The van der Waals surface area contributed by atoms with Crippen LogP contribution >= 0.6 is 0 Å². The summed E-state index contributed by atoms with van der Waals surface area (Å²) in [4.78, 5) is 126. The minimum Gasteiger partial charge on any atom is -0.480 e. The first-order valence-corrected chi connectivity index (χ1v) is 20.0. The van der Waals surface area contributed by atoms with Crippen molar-refractivity contribution in [2.24, 2.45) is 11.7 Å². The number of hydrogen-bond acceptors (Lipinski definition) is 15. The third-order valence-electron chi connectivity index (χ3n) is 9.57. The second-order valence-corrected chi connectivity index (χ2v) is 14.4. The topological polar surface area (TPSA) is 398 Å². The van der Waals surface area contributed by atoms with Gasteiger partial charge in [-0.25, -0.2) is 4.79 Å². The van der Waals surface area contributed by atoms with Crippen LogP contribution in [0.15, 0.2) is 0 Å². The first-order chi connectivity index (χ1) is 28.8. The zero-order chi connectivity index (χ0) is 46.2. The maximum absolute atomic E-state index is 13.6. The van der Waals surface area contributed by atoms with Gasteiger partial charge in [-0.05, 0) is 65.0 Å². The Morgan fingerprint density at radius 3 is 1.67 bits per heavy atom. The Balaban J connectivity index is 2.86. The van der Waals surface area contributed by atoms with E-state index in [0.717, 1.165) is 6.42 Å². The third kappa shape index (κ3) is 19.2. The zero-order valence-electron chi connectivity index (χ0n) is 34.8. The van der Waals surface area contributed by atoms with Crippen LogP contribution in [0.5, 0.6) is 0 Å². The summed E-state index contributed by atoms with van der Waals surface area (Å²) >= 11 is 0. The molecule has 0 aromatic carbocycles. The largest absolute Gasteiger partial charge is 0.480 e. The number of aliphatic hydroxyl groups is 3. The van der Waals surface area contributed by atoms with Crippen molar-refractivity contribution >= 4 is 59.1 Å². The number of hydrogen-bond donors (Lipinski definition) is 15. The van der Waals surface area contributed by atoms with Crippen LogP contribution in [0.2, 0.25) is 0 Å². The molecule has 0 unspecified atom stereocenters. The van der Waals surface area contributed by atoms with Gasteiger partial charge >= 0.3 is 5.97 Å². The standard InChI is InChI=1S/C36H63N11O14/c1-5-18(2)28(35(59)43-22(9-6-7-11-37)32(56)45-23(15-48)33(57)46-25(17-50)36(60)61)47-34(58)24(16-49)44-30(54)20(4)42-29(53)19(3)41-27(52)14-39-26(51)13-40-31(55)21-10-8-12-38-21/h18-25,28,38,48-50H,5-17,37H2,1-4H3,(H,39,51)(H,40,55)(H,41,52)(H,42,53)(H,43,59)(H,44,54)(H,45,56)(H,46,57)(H,47,58)(H,60,61)/t18-,19-,20-,21-,22-,23-,24-,25-,28-/m0/s1. The third-order valence-corrected chi connectivity index (χ3v) is 9.57. The van der Waals surface area contributed by atoms with Gasteiger partial charge in [0, 0.05) is 0 Å². The lowest BCUT2D eigenvalue weighted by Gasteiger charge is -2.29. The molecule has 0 radical (unpaired) electrons. The molecule has 0 saturated carbocycles. The summed E-state index contributed by atoms with van der Waals surface area (Å²) < 4.78 is 0. The van der Waals surface area contributed by atoms with Gasteiger partial charge in [-0.1, -0.05) is 20.3 Å². The second-order valence-electron chi connectivity index (χ2n) is 14.4. The van der Waals surface area contributed by atoms with E-state index in [0.29, 0.717) is 32.2 Å². The highest BCUT2D eigenvalue weighted by Crippen LogP contribution is 2.11. The van der Waals surface area contributed by atoms with Gasteiger partial charge in [-0.2, -0.15) is 0 Å². The summed E-state index contributed by atoms with van der Waals surface area (Å²) in [7, 11) is 0. The highest BCUT2D eigenvalue weighted by Gasteiger charge is 2.34. The molecular formula is C36H63N11O14. The van der Waals surface area contributed by atoms with E-state index in [2.05, 4.69) is 47.9 Å². The number of rotatable bonds is 28. The molecule has 61 heavy (non-hydrogen) atoms. The van der Waals surface area contributed by atoms with Gasteiger partial charge in [0.2, 0.25) is 53.2 Å². The number of nitrogens with two attached hydrogens (primary N) is 1. The van der Waals surface area contributed by atoms with E-state index in [1.807, 2.05) is 5.32 Å². The highest BCUT2D eigenvalue weighted by molar-refractivity contribution is 5.97. The zero-order valence-corrected chi connectivity index (χ0v) is 34.8. The van der Waals surface area contributed by atoms with E-state index >= 15 is 0 Å². The molecule has 1 saturated heterocycles. The number of carboxylic acids is 1. The second kappa shape index (κ2) is 28.1. The normalized spacial score (nSPS) is 17.3. The first-order valence-electron chi connectivity index (χ1n) is 20.0. The van der Waals surface area contributed by atoms with Crippen LogP contribution in [0.3, 0.4) is 0 Å². The lowest BCUT2D eigenvalue weighted by molar-refractivity contribution is -0.143. The van der Waals surface area contributed by atoms with Crippen molar-refractivity contribution in [1.82, 2.24) is 53.2 Å². The summed E-state index contributed by atoms with van der Waals surface area (Å²) in [5, 5.41) is 62.0. The molecule has 1 heterocycles. The van der Waals surface area contributed by atoms with Gasteiger partial charge in [0.1, 0.15) is 42.3 Å². The summed E-state index contributed by atoms with van der Waals surface area (Å²) in [6.07, 6.45) is 2.53. The molecule has 0 spiro atoms. The maximum atomic E-state index is 13.6. The Labute approximate surface area is 352 Å². The number of carboxylic acid groups (broad SMARTS) is 1. The van der Waals surface area contributed by atoms with Crippen molar-refractivity contribution in [3.8, 4) is 0 Å². The molecule has 1 aliphatic rings. The van der Waals surface area contributed by atoms with Gasteiger partial charge in [-0.3, -0.25) is 43.2 Å². The number of aliphatic hydroxyl groups excluding tert-OH is 3. The molecular weight excluding hydrogens is 810 g/mol. The van der Waals surface area contributed by atoms with Crippen molar-refractivity contribution in [3.63, 3.8) is 0 Å². The molecule has 1 fully saturated rings. The van der Waals surface area contributed by atoms with Crippen LogP contribution < -0.4 is 58.9 Å². The Kier molecular flexibility index (Phi) is 24.7. The molecule has 0 aromatic rings. The minimum atomic E-state index is -1.72. The fourth-order valence-corrected chi connectivity index (χ4v) is 5.60. The number of unbranched alkanes of at least 4 members (excludes halogenated alkanes) is 1. The summed E-state index contributed by atoms with van der Waals surface area (Å²) in [5.74, 6) is -9.58. The first kappa shape index (κ1) is 53.5. The van der Waals surface area contributed by atoms with Crippen LogP contribution in [0, 0.1) is 5.92 Å². The van der Waals surface area contributed by atoms with Crippen molar-refractivity contribution in [2.45, 2.75) is 115 Å². The molecule has 9 atom stereocenters. The van der Waals surface area contributed by atoms with Gasteiger partial charge in [-0.15, -0.1) is 0 Å². The number of carbonyl (C=O) groups is 10. The predicted molar refractivity (Wildman–Crippen MR) is 213 cm³/mol. The van der Waals surface area contributed by atoms with Crippen molar-refractivity contribution in [2.75, 3.05) is 46.0 Å². The Morgan fingerprint density at radius 1 is 0.623 bits per heavy atom. The molecule has 0 aromatic heterocycles. The lowest BCUT2D eigenvalue weighted by atomic mass is 9.97. The van der Waals surface area contributed by atoms with Gasteiger partial charge in [0.25, 0.3) is 0 Å². The molecule has 9 amide bonds. The fraction of sp³-hybridized carbons (Fsp3) is 0.722. The van der Waals surface area contributed by atoms with Crippen molar-refractivity contribution in [1.29, 1.82) is 0 Å². The van der Waals surface area contributed by atoms with E-state index in [1.165, 1.54) is 13.8 Å². The smallest absolute Gasteiger partial charge is 0.328 e. The molecule has 16 N–H and O–H groups in total. The van der Waals surface area contributed by atoms with Crippen LogP contribution in [-0.2, 0) is 47.9 Å². The molecule has 1 aliphatic heterocycles. The summed E-state index contributed by atoms with van der Waals surface area (Å²) in [5.41, 5.74) is 5.58. The molecule has 0 bridgehead atoms. The minimum absolute atomic E-state index is 0.0125. The van der Waals surface area contributed by atoms with Gasteiger partial charge in [0.15, 0.2) is 0 Å². The molecule has 346 valence electrons. The Bertz CT molecular complexity index is 1530. The van der Waals surface area contributed by atoms with Crippen LogP contribution in [0.1, 0.15) is 66.2 Å². The molecule has 1 rings (SSSR count). The molecule has 25 heteroatoms. The van der Waals surface area contributed by atoms with Crippen LogP contribution in [-0.4, -0.2) is 174 Å². The number of nitrogens with one attached hydrogen (secondary N) is 10. The van der Waals surface area contributed by atoms with E-state index in [4.69, 9.17) is 10.8 Å². The monoisotopic (exact) mass is 873 g/mol. The SMILES string of the molecule is CC[C@H](C)[C@H](NC(=O)[C@H](CO)NC(=O)[C@H](C)NC(=O)[C@H](C)NC(=O)CNC(=O)CNC(=O)[C@@H]1CCCN1)C(=O)N[C@@H](CCCCN)C(=O)N[C@@H](CO)C(=O)N[C@@H](CO)C(=O)O. The van der Waals surface area contributed by atoms with Crippen molar-refractivity contribution in [3.05, 3.63) is 0 Å². The fourth-order valence-electron chi connectivity index (χ4n) is 5.60. The predicted octanol–water partition coefficient (Wildman–Crippen LogP) is -7.36. The van der Waals surface area contributed by atoms with Gasteiger partial charge < -0.3 is 79.3 Å². The van der Waals surface area contributed by atoms with E-state index in [1.54, 1.807) is 13.8 Å². The van der Waals surface area contributed by atoms with Crippen molar-refractivity contribution < 1.29 is 68.4 Å². The van der Waals surface area contributed by atoms with E-state index in [9.17, 15) is 63.3 Å². The number of amides is 9. The van der Waals surface area contributed by atoms with Crippen LogP contribution in [0.25, 0.3) is 0 Å². The molecule has 0 aliphatic carbocycles. The number of carbonyl (C=O) groups excluding carboxylic acids is 9. The average Bonchev–Trinajstić information content (AvgIpc) is 3.78. The molecule has 25 nitrogen and oxygen atoms in total. The Hall–Kier alpha value is -5.50. The number of aliphatic carboxylic acids is 1. The maximum Gasteiger partial charge on any atom is 0.328 e. The van der Waals surface area contributed by atoms with Crippen LogP contribution in [0.4, 0.5) is 0 Å². The average molecular weight is 874 g/mol. The lowest BCUT2D eigenvalue weighted by Crippen LogP contribution is -2.61. The highest BCUT2D eigenvalue weighted by atomic mass is 16.4. The summed E-state index contributed by atoms with van der Waals surface area (Å²) in [6, 6.07) is -10.6. The summed E-state index contributed by atoms with van der Waals surface area (Å²) in [6.45, 7) is 3.05. The van der Waals surface area contributed by atoms with E-state index in [-0.39, 0.29) is 31.5 Å². The Morgan fingerprint density at radius 2 is 1.13 bits per heavy atom. The van der Waals surface area contributed by atoms with Gasteiger partial charge in [0.05, 0.1) is 39.0 Å². The quantitative estimate of drug-likeness (QED) is 0.0325. The van der Waals surface area contributed by atoms with E-state index < -0.39 is 128 Å².